The third-order valence-electron chi connectivity index (χ3n) is 2.85. The number of nitrogens with two attached hydrogens (primary N) is 1. The van der Waals surface area contributed by atoms with Gasteiger partial charge in [0.2, 0.25) is 0 Å². The molecular formula is C15H13BrFNO3. The maximum Gasteiger partial charge on any atom is 0.340 e. The molecule has 2 aromatic rings. The minimum absolute atomic E-state index is 0.0103. The number of carbonyl (C=O) groups excluding carboxylic acids is 1. The Morgan fingerprint density at radius 2 is 2.05 bits per heavy atom. The molecule has 2 N–H and O–H groups in total. The third-order valence-corrected chi connectivity index (χ3v) is 3.59. The van der Waals surface area contributed by atoms with Crippen molar-refractivity contribution < 1.29 is 18.7 Å². The number of nitrogen functional groups attached to an aromatic ring is 1. The predicted octanol–water partition coefficient (Wildman–Crippen LogP) is 3.54. The first-order valence-electron chi connectivity index (χ1n) is 6.06. The van der Waals surface area contributed by atoms with Crippen LogP contribution in [0.25, 0.3) is 0 Å². The van der Waals surface area contributed by atoms with Crippen LogP contribution in [-0.2, 0) is 11.3 Å². The summed E-state index contributed by atoms with van der Waals surface area (Å²) in [5.41, 5.74) is 6.94. The van der Waals surface area contributed by atoms with Crippen LogP contribution in [0.4, 0.5) is 10.1 Å². The summed E-state index contributed by atoms with van der Waals surface area (Å²) in [7, 11) is 1.50. The van der Waals surface area contributed by atoms with Crippen molar-refractivity contribution >= 4 is 27.6 Å². The number of methoxy groups -OCH3 is 1. The smallest absolute Gasteiger partial charge is 0.340 e. The Hall–Kier alpha value is -2.08. The fraction of sp³-hybridized carbons (Fsp3) is 0.133. The van der Waals surface area contributed by atoms with Crippen LogP contribution in [0.2, 0.25) is 0 Å². The molecular weight excluding hydrogens is 341 g/mol. The molecule has 110 valence electrons. The van der Waals surface area contributed by atoms with E-state index in [9.17, 15) is 9.18 Å². The molecule has 0 amide bonds. The van der Waals surface area contributed by atoms with Crippen molar-refractivity contribution in [1.29, 1.82) is 0 Å². The normalized spacial score (nSPS) is 10.2. The highest BCUT2D eigenvalue weighted by Crippen LogP contribution is 2.22. The number of esters is 1. The Bertz CT molecular complexity index is 676. The van der Waals surface area contributed by atoms with Crippen LogP contribution >= 0.6 is 15.9 Å². The molecule has 0 heterocycles. The molecule has 6 heteroatoms. The fourth-order valence-corrected chi connectivity index (χ4v) is 2.16. The number of hydrogen-bond acceptors (Lipinski definition) is 4. The Balaban J connectivity index is 2.11. The average molecular weight is 354 g/mol. The summed E-state index contributed by atoms with van der Waals surface area (Å²) in [5.74, 6) is -0.421. The zero-order chi connectivity index (χ0) is 15.4. The van der Waals surface area contributed by atoms with Gasteiger partial charge >= 0.3 is 5.97 Å². The molecule has 0 atom stereocenters. The first-order valence-corrected chi connectivity index (χ1v) is 6.85. The van der Waals surface area contributed by atoms with E-state index in [1.165, 1.54) is 25.3 Å². The highest BCUT2D eigenvalue weighted by Gasteiger charge is 2.13. The van der Waals surface area contributed by atoms with Gasteiger partial charge in [0.25, 0.3) is 0 Å². The highest BCUT2D eigenvalue weighted by molar-refractivity contribution is 9.10. The molecule has 0 unspecified atom stereocenters. The first-order chi connectivity index (χ1) is 10.0. The number of ether oxygens (including phenoxy) is 2. The van der Waals surface area contributed by atoms with Gasteiger partial charge in [-0.2, -0.15) is 0 Å². The fourth-order valence-electron chi connectivity index (χ4n) is 1.70. The number of carbonyl (C=O) groups is 1. The molecule has 21 heavy (non-hydrogen) atoms. The van der Waals surface area contributed by atoms with Gasteiger partial charge in [-0.3, -0.25) is 0 Å². The van der Waals surface area contributed by atoms with Crippen molar-refractivity contribution in [2.24, 2.45) is 0 Å². The molecule has 0 aliphatic rings. The van der Waals surface area contributed by atoms with Crippen LogP contribution in [0.15, 0.2) is 40.9 Å². The minimum atomic E-state index is -0.567. The molecule has 0 saturated carbocycles. The maximum absolute atomic E-state index is 13.0. The lowest BCUT2D eigenvalue weighted by molar-refractivity contribution is 0.0473. The number of rotatable bonds is 4. The summed E-state index contributed by atoms with van der Waals surface area (Å²) in [6, 6.07) is 8.89. The molecule has 0 aliphatic carbocycles. The standard InChI is InChI=1S/C15H13BrFNO3/c1-20-11-4-5-14(18)12(7-11)15(19)21-8-9-2-3-10(17)6-13(9)16/h2-7H,8,18H2,1H3. The van der Waals surface area contributed by atoms with Gasteiger partial charge in [-0.1, -0.05) is 22.0 Å². The summed E-state index contributed by atoms with van der Waals surface area (Å²) >= 11 is 3.21. The summed E-state index contributed by atoms with van der Waals surface area (Å²) in [5, 5.41) is 0. The average Bonchev–Trinajstić information content (AvgIpc) is 2.46. The zero-order valence-corrected chi connectivity index (χ0v) is 12.8. The predicted molar refractivity (Wildman–Crippen MR) is 80.6 cm³/mol. The zero-order valence-electron chi connectivity index (χ0n) is 11.2. The SMILES string of the molecule is COc1ccc(N)c(C(=O)OCc2ccc(F)cc2Br)c1. The molecule has 0 aromatic heterocycles. The van der Waals surface area contributed by atoms with E-state index in [2.05, 4.69) is 15.9 Å². The van der Waals surface area contributed by atoms with Crippen LogP contribution in [0.3, 0.4) is 0 Å². The monoisotopic (exact) mass is 353 g/mol. The Morgan fingerprint density at radius 1 is 1.29 bits per heavy atom. The van der Waals surface area contributed by atoms with E-state index in [-0.39, 0.29) is 18.0 Å². The summed E-state index contributed by atoms with van der Waals surface area (Å²) in [4.78, 5) is 12.0. The van der Waals surface area contributed by atoms with Crippen molar-refractivity contribution in [2.75, 3.05) is 12.8 Å². The van der Waals surface area contributed by atoms with Gasteiger partial charge in [0.15, 0.2) is 0 Å². The number of benzene rings is 2. The van der Waals surface area contributed by atoms with E-state index in [4.69, 9.17) is 15.2 Å². The molecule has 2 aromatic carbocycles. The van der Waals surface area contributed by atoms with E-state index in [1.807, 2.05) is 0 Å². The molecule has 0 aliphatic heterocycles. The number of anilines is 1. The molecule has 0 spiro atoms. The first kappa shape index (κ1) is 15.3. The number of hydrogen-bond donors (Lipinski definition) is 1. The van der Waals surface area contributed by atoms with Crippen LogP contribution < -0.4 is 10.5 Å². The second-order valence-electron chi connectivity index (χ2n) is 4.27. The largest absolute Gasteiger partial charge is 0.497 e. The second-order valence-corrected chi connectivity index (χ2v) is 5.12. The maximum atomic E-state index is 13.0. The molecule has 0 saturated heterocycles. The van der Waals surface area contributed by atoms with E-state index >= 15 is 0 Å². The summed E-state index contributed by atoms with van der Waals surface area (Å²) in [6.07, 6.45) is 0. The molecule has 4 nitrogen and oxygen atoms in total. The van der Waals surface area contributed by atoms with E-state index in [1.54, 1.807) is 18.2 Å². The Morgan fingerprint density at radius 3 is 2.71 bits per heavy atom. The van der Waals surface area contributed by atoms with Gasteiger partial charge in [0.1, 0.15) is 18.2 Å². The summed E-state index contributed by atoms with van der Waals surface area (Å²) in [6.45, 7) is 0.0103. The van der Waals surface area contributed by atoms with E-state index in [0.717, 1.165) is 0 Å². The van der Waals surface area contributed by atoms with Crippen molar-refractivity contribution in [1.82, 2.24) is 0 Å². The molecule has 0 fully saturated rings. The van der Waals surface area contributed by atoms with Gasteiger partial charge in [-0.05, 0) is 30.3 Å². The van der Waals surface area contributed by atoms with Crippen molar-refractivity contribution in [2.45, 2.75) is 6.61 Å². The van der Waals surface area contributed by atoms with Crippen molar-refractivity contribution in [3.05, 3.63) is 57.8 Å². The third kappa shape index (κ3) is 3.72. The van der Waals surface area contributed by atoms with Gasteiger partial charge in [-0.25, -0.2) is 9.18 Å². The van der Waals surface area contributed by atoms with Gasteiger partial charge < -0.3 is 15.2 Å². The van der Waals surface area contributed by atoms with Crippen LogP contribution in [0, 0.1) is 5.82 Å². The number of halogens is 2. The van der Waals surface area contributed by atoms with E-state index in [0.29, 0.717) is 21.5 Å². The summed E-state index contributed by atoms with van der Waals surface area (Å²) < 4.78 is 23.7. The highest BCUT2D eigenvalue weighted by atomic mass is 79.9. The lowest BCUT2D eigenvalue weighted by atomic mass is 10.1. The van der Waals surface area contributed by atoms with Crippen LogP contribution in [0.5, 0.6) is 5.75 Å². The van der Waals surface area contributed by atoms with Gasteiger partial charge in [0.05, 0.1) is 12.7 Å². The molecule has 2 rings (SSSR count). The topological polar surface area (TPSA) is 61.5 Å². The second kappa shape index (κ2) is 6.58. The Labute approximate surface area is 129 Å². The van der Waals surface area contributed by atoms with Gasteiger partial charge in [-0.15, -0.1) is 0 Å². The Kier molecular flexibility index (Phi) is 4.80. The van der Waals surface area contributed by atoms with Gasteiger partial charge in [0, 0.05) is 15.7 Å². The van der Waals surface area contributed by atoms with E-state index < -0.39 is 5.97 Å². The lowest BCUT2D eigenvalue weighted by Crippen LogP contribution is -2.09. The minimum Gasteiger partial charge on any atom is -0.497 e. The van der Waals surface area contributed by atoms with Crippen LogP contribution in [0.1, 0.15) is 15.9 Å². The van der Waals surface area contributed by atoms with Crippen molar-refractivity contribution in [3.8, 4) is 5.75 Å². The molecule has 0 bridgehead atoms. The van der Waals surface area contributed by atoms with Crippen molar-refractivity contribution in [3.63, 3.8) is 0 Å². The van der Waals surface area contributed by atoms with Crippen LogP contribution in [-0.4, -0.2) is 13.1 Å². The quantitative estimate of drug-likeness (QED) is 0.674. The molecule has 0 radical (unpaired) electrons. The lowest BCUT2D eigenvalue weighted by Gasteiger charge is -2.09.